The maximum Gasteiger partial charge on any atom is 0.319 e. The van der Waals surface area contributed by atoms with Gasteiger partial charge in [-0.1, -0.05) is 6.07 Å². The van der Waals surface area contributed by atoms with E-state index in [2.05, 4.69) is 41.0 Å². The molecule has 3 aromatic rings. The number of phenols is 1. The number of nitrogens with zero attached hydrogens (tertiary/aromatic N) is 2. The highest BCUT2D eigenvalue weighted by atomic mass is 16.3. The van der Waals surface area contributed by atoms with Crippen molar-refractivity contribution in [2.24, 2.45) is 0 Å². The summed E-state index contributed by atoms with van der Waals surface area (Å²) < 4.78 is 2.10. The average molecular weight is 366 g/mol. The Bertz CT molecular complexity index is 976. The number of phenolic OH excluding ortho intramolecular Hbond substituents is 1. The molecule has 3 N–H and O–H groups in total. The Morgan fingerprint density at radius 2 is 1.96 bits per heavy atom. The summed E-state index contributed by atoms with van der Waals surface area (Å²) in [6, 6.07) is 9.19. The van der Waals surface area contributed by atoms with E-state index in [1.807, 2.05) is 26.1 Å². The SMILES string of the molecule is Cc1ccn2c(C)c(CCc3ccc(NC(=O)NC(C)C)c(O)c3)nc2c1. The quantitative estimate of drug-likeness (QED) is 0.598. The molecule has 1 aromatic carbocycles. The van der Waals surface area contributed by atoms with Crippen LogP contribution in [0.4, 0.5) is 10.5 Å². The van der Waals surface area contributed by atoms with E-state index in [0.29, 0.717) is 5.69 Å². The van der Waals surface area contributed by atoms with Gasteiger partial charge in [-0.05, 0) is 75.9 Å². The monoisotopic (exact) mass is 366 g/mol. The van der Waals surface area contributed by atoms with Crippen molar-refractivity contribution in [3.05, 3.63) is 59.0 Å². The Morgan fingerprint density at radius 1 is 1.19 bits per heavy atom. The number of aromatic nitrogens is 2. The number of benzene rings is 1. The van der Waals surface area contributed by atoms with Crippen LogP contribution in [0.5, 0.6) is 5.75 Å². The summed E-state index contributed by atoms with van der Waals surface area (Å²) in [6.07, 6.45) is 3.59. The molecule has 6 nitrogen and oxygen atoms in total. The molecule has 6 heteroatoms. The zero-order chi connectivity index (χ0) is 19.6. The molecule has 2 aromatic heterocycles. The summed E-state index contributed by atoms with van der Waals surface area (Å²) in [5.74, 6) is 0.0637. The second-order valence-corrected chi connectivity index (χ2v) is 7.18. The van der Waals surface area contributed by atoms with Gasteiger partial charge in [0.2, 0.25) is 0 Å². The third-order valence-electron chi connectivity index (χ3n) is 4.50. The first-order valence-corrected chi connectivity index (χ1v) is 9.17. The molecule has 0 fully saturated rings. The minimum absolute atomic E-state index is 0.0314. The zero-order valence-electron chi connectivity index (χ0n) is 16.2. The van der Waals surface area contributed by atoms with Crippen molar-refractivity contribution in [1.82, 2.24) is 14.7 Å². The number of anilines is 1. The molecule has 27 heavy (non-hydrogen) atoms. The van der Waals surface area contributed by atoms with Crippen LogP contribution in [0.2, 0.25) is 0 Å². The molecular weight excluding hydrogens is 340 g/mol. The van der Waals surface area contributed by atoms with Crippen LogP contribution in [0, 0.1) is 13.8 Å². The van der Waals surface area contributed by atoms with E-state index in [-0.39, 0.29) is 17.8 Å². The molecule has 0 saturated heterocycles. The maximum atomic E-state index is 11.8. The molecular formula is C21H26N4O2. The van der Waals surface area contributed by atoms with Crippen molar-refractivity contribution in [3.63, 3.8) is 0 Å². The molecule has 0 spiro atoms. The Kier molecular flexibility index (Phi) is 5.35. The Balaban J connectivity index is 1.69. The molecule has 0 aliphatic carbocycles. The highest BCUT2D eigenvalue weighted by Crippen LogP contribution is 2.25. The van der Waals surface area contributed by atoms with Crippen LogP contribution in [0.1, 0.15) is 36.4 Å². The molecule has 0 atom stereocenters. The number of fused-ring (bicyclic) bond motifs is 1. The minimum atomic E-state index is -0.330. The molecule has 3 rings (SSSR count). The van der Waals surface area contributed by atoms with Gasteiger partial charge in [0.15, 0.2) is 0 Å². The van der Waals surface area contributed by atoms with Crippen LogP contribution in [0.15, 0.2) is 36.5 Å². The van der Waals surface area contributed by atoms with Gasteiger partial charge >= 0.3 is 6.03 Å². The van der Waals surface area contributed by atoms with E-state index in [4.69, 9.17) is 4.98 Å². The standard InChI is InChI=1S/C21H26N4O2/c1-13(2)22-21(27)24-18-8-6-16(12-19(18)26)5-7-17-15(4)25-10-9-14(3)11-20(25)23-17/h6,8-13,26H,5,7H2,1-4H3,(H2,22,24,27). The zero-order valence-corrected chi connectivity index (χ0v) is 16.2. The predicted octanol–water partition coefficient (Wildman–Crippen LogP) is 3.97. The first-order chi connectivity index (χ1) is 12.8. The van der Waals surface area contributed by atoms with Crippen molar-refractivity contribution < 1.29 is 9.90 Å². The van der Waals surface area contributed by atoms with Gasteiger partial charge in [-0.3, -0.25) is 0 Å². The summed E-state index contributed by atoms with van der Waals surface area (Å²) in [5, 5.41) is 15.6. The first-order valence-electron chi connectivity index (χ1n) is 9.17. The van der Waals surface area contributed by atoms with Gasteiger partial charge in [0.25, 0.3) is 0 Å². The van der Waals surface area contributed by atoms with Crippen LogP contribution in [-0.2, 0) is 12.8 Å². The molecule has 2 heterocycles. The summed E-state index contributed by atoms with van der Waals surface area (Å²) in [6.45, 7) is 7.89. The lowest BCUT2D eigenvalue weighted by molar-refractivity contribution is 0.250. The molecule has 0 unspecified atom stereocenters. The van der Waals surface area contributed by atoms with Crippen LogP contribution >= 0.6 is 0 Å². The second-order valence-electron chi connectivity index (χ2n) is 7.18. The van der Waals surface area contributed by atoms with Crippen molar-refractivity contribution >= 4 is 17.4 Å². The van der Waals surface area contributed by atoms with E-state index in [0.717, 1.165) is 35.4 Å². The van der Waals surface area contributed by atoms with Crippen LogP contribution < -0.4 is 10.6 Å². The van der Waals surface area contributed by atoms with Gasteiger partial charge in [0, 0.05) is 17.9 Å². The third-order valence-corrected chi connectivity index (χ3v) is 4.50. The van der Waals surface area contributed by atoms with E-state index >= 15 is 0 Å². The van der Waals surface area contributed by atoms with Gasteiger partial charge in [0.1, 0.15) is 11.4 Å². The highest BCUT2D eigenvalue weighted by Gasteiger charge is 2.11. The highest BCUT2D eigenvalue weighted by molar-refractivity contribution is 5.91. The van der Waals surface area contributed by atoms with E-state index < -0.39 is 0 Å². The summed E-state index contributed by atoms with van der Waals surface area (Å²) in [4.78, 5) is 16.5. The van der Waals surface area contributed by atoms with Gasteiger partial charge in [-0.25, -0.2) is 9.78 Å². The number of carbonyl (C=O) groups excluding carboxylic acids is 1. The average Bonchev–Trinajstić information content (AvgIpc) is 2.89. The van der Waals surface area contributed by atoms with Crippen LogP contribution in [-0.4, -0.2) is 26.6 Å². The second kappa shape index (κ2) is 7.70. The van der Waals surface area contributed by atoms with Crippen LogP contribution in [0.25, 0.3) is 5.65 Å². The number of nitrogens with one attached hydrogen (secondary N) is 2. The fraction of sp³-hybridized carbons (Fsp3) is 0.333. The number of carbonyl (C=O) groups is 1. The van der Waals surface area contributed by atoms with Crippen molar-refractivity contribution in [2.75, 3.05) is 5.32 Å². The summed E-state index contributed by atoms with van der Waals surface area (Å²) in [7, 11) is 0. The van der Waals surface area contributed by atoms with Gasteiger partial charge in [-0.2, -0.15) is 0 Å². The molecule has 142 valence electrons. The first kappa shape index (κ1) is 18.8. The minimum Gasteiger partial charge on any atom is -0.506 e. The molecule has 0 aliphatic rings. The van der Waals surface area contributed by atoms with E-state index in [9.17, 15) is 9.90 Å². The Labute approximate surface area is 159 Å². The number of hydrogen-bond acceptors (Lipinski definition) is 3. The normalized spacial score (nSPS) is 11.1. The number of hydrogen-bond donors (Lipinski definition) is 3. The Hall–Kier alpha value is -3.02. The smallest absolute Gasteiger partial charge is 0.319 e. The van der Waals surface area contributed by atoms with Gasteiger partial charge in [0.05, 0.1) is 11.4 Å². The molecule has 0 saturated carbocycles. The maximum absolute atomic E-state index is 11.8. The molecule has 0 aliphatic heterocycles. The summed E-state index contributed by atoms with van der Waals surface area (Å²) in [5.41, 5.74) is 5.73. The van der Waals surface area contributed by atoms with Crippen molar-refractivity contribution in [1.29, 1.82) is 0 Å². The third kappa shape index (κ3) is 4.39. The fourth-order valence-corrected chi connectivity index (χ4v) is 3.08. The molecule has 2 amide bonds. The number of amides is 2. The number of urea groups is 1. The van der Waals surface area contributed by atoms with E-state index in [1.165, 1.54) is 5.56 Å². The largest absolute Gasteiger partial charge is 0.506 e. The molecule has 0 radical (unpaired) electrons. The lowest BCUT2D eigenvalue weighted by Crippen LogP contribution is -2.34. The predicted molar refractivity (Wildman–Crippen MR) is 107 cm³/mol. The number of imidazole rings is 1. The topological polar surface area (TPSA) is 78.7 Å². The number of rotatable bonds is 5. The lowest BCUT2D eigenvalue weighted by atomic mass is 10.1. The number of aryl methyl sites for hydroxylation is 4. The number of aromatic hydroxyl groups is 1. The van der Waals surface area contributed by atoms with Gasteiger partial charge in [-0.15, -0.1) is 0 Å². The van der Waals surface area contributed by atoms with E-state index in [1.54, 1.807) is 12.1 Å². The lowest BCUT2D eigenvalue weighted by Gasteiger charge is -2.12. The van der Waals surface area contributed by atoms with Crippen molar-refractivity contribution in [3.8, 4) is 5.75 Å². The van der Waals surface area contributed by atoms with Crippen molar-refractivity contribution in [2.45, 2.75) is 46.6 Å². The fourth-order valence-electron chi connectivity index (χ4n) is 3.08. The van der Waals surface area contributed by atoms with Gasteiger partial charge < -0.3 is 20.1 Å². The number of pyridine rings is 1. The summed E-state index contributed by atoms with van der Waals surface area (Å²) >= 11 is 0. The molecule has 0 bridgehead atoms. The van der Waals surface area contributed by atoms with Crippen LogP contribution in [0.3, 0.4) is 0 Å². The Morgan fingerprint density at radius 3 is 2.67 bits per heavy atom.